The molecule has 1 aliphatic heterocycles. The van der Waals surface area contributed by atoms with Crippen molar-refractivity contribution in [3.63, 3.8) is 0 Å². The minimum atomic E-state index is 0.765. The van der Waals surface area contributed by atoms with Crippen molar-refractivity contribution in [2.45, 2.75) is 33.1 Å². The first kappa shape index (κ1) is 23.5. The van der Waals surface area contributed by atoms with E-state index in [-0.39, 0.29) is 0 Å². The Kier molecular flexibility index (Phi) is 8.13. The third kappa shape index (κ3) is 6.21. The summed E-state index contributed by atoms with van der Waals surface area (Å²) in [5, 5.41) is 1.05. The maximum atomic E-state index is 6.00. The largest absolute Gasteiger partial charge is 0.494 e. The quantitative estimate of drug-likeness (QED) is 0.412. The van der Waals surface area contributed by atoms with Crippen LogP contribution in [0.5, 0.6) is 5.75 Å². The molecule has 0 unspecified atom stereocenters. The number of aryl methyl sites for hydroxylation is 1. The molecule has 0 spiro atoms. The zero-order chi connectivity index (χ0) is 23.0. The zero-order valence-electron chi connectivity index (χ0n) is 20.3. The molecule has 0 saturated carbocycles. The van der Waals surface area contributed by atoms with Gasteiger partial charge < -0.3 is 19.4 Å². The Balaban J connectivity index is 1.24. The number of fused-ring (bicyclic) bond motifs is 1. The third-order valence-electron chi connectivity index (χ3n) is 6.38. The van der Waals surface area contributed by atoms with Crippen LogP contribution >= 0.6 is 0 Å². The van der Waals surface area contributed by atoms with E-state index in [1.54, 1.807) is 0 Å². The first-order chi connectivity index (χ1) is 16.1. The molecule has 4 rings (SSSR count). The Bertz CT molecular complexity index is 1010. The lowest BCUT2D eigenvalue weighted by Gasteiger charge is -2.34. The summed E-state index contributed by atoms with van der Waals surface area (Å²) in [7, 11) is 2.05. The highest BCUT2D eigenvalue weighted by Crippen LogP contribution is 2.29. The summed E-state index contributed by atoms with van der Waals surface area (Å²) in [5.74, 6) is 2.62. The summed E-state index contributed by atoms with van der Waals surface area (Å²) in [6, 6.07) is 16.4. The maximum Gasteiger partial charge on any atom is 0.144 e. The van der Waals surface area contributed by atoms with Gasteiger partial charge in [0.2, 0.25) is 0 Å². The molecule has 0 N–H and O–H groups in total. The van der Waals surface area contributed by atoms with Gasteiger partial charge in [-0.15, -0.1) is 0 Å². The number of rotatable bonds is 10. The van der Waals surface area contributed by atoms with Crippen LogP contribution in [0.25, 0.3) is 10.9 Å². The van der Waals surface area contributed by atoms with Crippen molar-refractivity contribution >= 4 is 22.4 Å². The van der Waals surface area contributed by atoms with Crippen LogP contribution in [-0.2, 0) is 0 Å². The number of anilines is 2. The highest BCUT2D eigenvalue weighted by atomic mass is 16.5. The van der Waals surface area contributed by atoms with E-state index < -0.39 is 0 Å². The molecule has 33 heavy (non-hydrogen) atoms. The van der Waals surface area contributed by atoms with Crippen molar-refractivity contribution in [2.75, 3.05) is 57.8 Å². The number of piperazine rings is 1. The molecule has 1 saturated heterocycles. The molecule has 6 nitrogen and oxygen atoms in total. The van der Waals surface area contributed by atoms with Crippen molar-refractivity contribution in [1.29, 1.82) is 0 Å². The zero-order valence-corrected chi connectivity index (χ0v) is 20.3. The fraction of sp³-hybridized carbons (Fsp3) is 0.481. The van der Waals surface area contributed by atoms with Crippen LogP contribution in [0.15, 0.2) is 48.5 Å². The minimum Gasteiger partial charge on any atom is -0.494 e. The van der Waals surface area contributed by atoms with E-state index in [1.807, 2.05) is 32.2 Å². The molecule has 1 aliphatic rings. The summed E-state index contributed by atoms with van der Waals surface area (Å²) in [6.45, 7) is 12.2. The number of ether oxygens (including phenoxy) is 1. The van der Waals surface area contributed by atoms with Crippen molar-refractivity contribution in [3.05, 3.63) is 54.4 Å². The van der Waals surface area contributed by atoms with E-state index in [2.05, 4.69) is 56.9 Å². The van der Waals surface area contributed by atoms with E-state index in [1.165, 1.54) is 52.1 Å². The standard InChI is InChI=1S/C27H37N5O/c1-4-15-31-17-19-32(20-18-31)16-7-8-21-33-24-13-11-23(12-14-24)30(3)27-25-9-5-6-10-26(25)28-22(2)29-27/h5-6,9-14H,4,7-8,15-21H2,1-3H3. The van der Waals surface area contributed by atoms with Gasteiger partial charge in [0, 0.05) is 44.3 Å². The van der Waals surface area contributed by atoms with E-state index >= 15 is 0 Å². The lowest BCUT2D eigenvalue weighted by Crippen LogP contribution is -2.46. The maximum absolute atomic E-state index is 6.00. The first-order valence-corrected chi connectivity index (χ1v) is 12.3. The molecule has 176 valence electrons. The number of hydrogen-bond acceptors (Lipinski definition) is 6. The first-order valence-electron chi connectivity index (χ1n) is 12.3. The summed E-state index contributed by atoms with van der Waals surface area (Å²) in [5.41, 5.74) is 2.04. The van der Waals surface area contributed by atoms with E-state index in [9.17, 15) is 0 Å². The van der Waals surface area contributed by atoms with Crippen molar-refractivity contribution in [2.24, 2.45) is 0 Å². The molecule has 6 heteroatoms. The van der Waals surface area contributed by atoms with Crippen LogP contribution in [-0.4, -0.2) is 72.7 Å². The van der Waals surface area contributed by atoms with Gasteiger partial charge in [-0.25, -0.2) is 9.97 Å². The number of nitrogens with zero attached hydrogens (tertiary/aromatic N) is 5. The SMILES string of the molecule is CCCN1CCN(CCCCOc2ccc(N(C)c3nc(C)nc4ccccc34)cc2)CC1. The van der Waals surface area contributed by atoms with Crippen LogP contribution in [0.4, 0.5) is 11.5 Å². The lowest BCUT2D eigenvalue weighted by molar-refractivity contribution is 0.129. The molecular formula is C27H37N5O. The van der Waals surface area contributed by atoms with Crippen molar-refractivity contribution < 1.29 is 4.74 Å². The second kappa shape index (κ2) is 11.4. The fourth-order valence-corrected chi connectivity index (χ4v) is 4.50. The third-order valence-corrected chi connectivity index (χ3v) is 6.38. The van der Waals surface area contributed by atoms with Crippen LogP contribution in [0, 0.1) is 6.92 Å². The van der Waals surface area contributed by atoms with Gasteiger partial charge in [0.15, 0.2) is 0 Å². The Hall–Kier alpha value is -2.70. The molecule has 0 atom stereocenters. The van der Waals surface area contributed by atoms with Crippen LogP contribution in [0.1, 0.15) is 32.0 Å². The van der Waals surface area contributed by atoms with Gasteiger partial charge in [0.05, 0.1) is 12.1 Å². The number of hydrogen-bond donors (Lipinski definition) is 0. The van der Waals surface area contributed by atoms with Gasteiger partial charge in [-0.3, -0.25) is 0 Å². The molecule has 2 heterocycles. The van der Waals surface area contributed by atoms with Gasteiger partial charge in [-0.1, -0.05) is 19.1 Å². The molecule has 0 radical (unpaired) electrons. The van der Waals surface area contributed by atoms with Crippen molar-refractivity contribution in [1.82, 2.24) is 19.8 Å². The summed E-state index contributed by atoms with van der Waals surface area (Å²) < 4.78 is 6.00. The van der Waals surface area contributed by atoms with Gasteiger partial charge >= 0.3 is 0 Å². The van der Waals surface area contributed by atoms with Crippen LogP contribution in [0.3, 0.4) is 0 Å². The highest BCUT2D eigenvalue weighted by molar-refractivity contribution is 5.91. The molecule has 1 aromatic heterocycles. The molecule has 0 bridgehead atoms. The average Bonchev–Trinajstić information content (AvgIpc) is 2.84. The predicted molar refractivity (Wildman–Crippen MR) is 137 cm³/mol. The molecular weight excluding hydrogens is 410 g/mol. The molecule has 0 aliphatic carbocycles. The Morgan fingerprint density at radius 1 is 0.879 bits per heavy atom. The average molecular weight is 448 g/mol. The summed E-state index contributed by atoms with van der Waals surface area (Å²) in [6.07, 6.45) is 3.53. The molecule has 3 aromatic rings. The Labute approximate surface area is 198 Å². The number of para-hydroxylation sites is 1. The monoisotopic (exact) mass is 447 g/mol. The van der Waals surface area contributed by atoms with Gasteiger partial charge in [0.1, 0.15) is 17.4 Å². The topological polar surface area (TPSA) is 44.7 Å². The van der Waals surface area contributed by atoms with Gasteiger partial charge in [0.25, 0.3) is 0 Å². The lowest BCUT2D eigenvalue weighted by atomic mass is 10.2. The minimum absolute atomic E-state index is 0.765. The second-order valence-electron chi connectivity index (χ2n) is 8.90. The molecule has 2 aromatic carbocycles. The van der Waals surface area contributed by atoms with E-state index in [0.717, 1.165) is 47.0 Å². The number of aromatic nitrogens is 2. The Morgan fingerprint density at radius 3 is 2.30 bits per heavy atom. The Morgan fingerprint density at radius 2 is 1.58 bits per heavy atom. The van der Waals surface area contributed by atoms with Crippen LogP contribution in [0.2, 0.25) is 0 Å². The van der Waals surface area contributed by atoms with Crippen molar-refractivity contribution in [3.8, 4) is 5.75 Å². The van der Waals surface area contributed by atoms with E-state index in [0.29, 0.717) is 0 Å². The summed E-state index contributed by atoms with van der Waals surface area (Å²) >= 11 is 0. The number of benzene rings is 2. The fourth-order valence-electron chi connectivity index (χ4n) is 4.50. The van der Waals surface area contributed by atoms with Gasteiger partial charge in [-0.05, 0) is 75.7 Å². The van der Waals surface area contributed by atoms with E-state index in [4.69, 9.17) is 9.72 Å². The molecule has 0 amide bonds. The molecule has 1 fully saturated rings. The highest BCUT2D eigenvalue weighted by Gasteiger charge is 2.15. The summed E-state index contributed by atoms with van der Waals surface area (Å²) in [4.78, 5) is 16.5. The second-order valence-corrected chi connectivity index (χ2v) is 8.90. The number of unbranched alkanes of at least 4 members (excludes halogenated alkanes) is 1. The smallest absolute Gasteiger partial charge is 0.144 e. The normalized spacial score (nSPS) is 15.1. The van der Waals surface area contributed by atoms with Gasteiger partial charge in [-0.2, -0.15) is 0 Å². The van der Waals surface area contributed by atoms with Crippen LogP contribution < -0.4 is 9.64 Å². The predicted octanol–water partition coefficient (Wildman–Crippen LogP) is 4.89.